The summed E-state index contributed by atoms with van der Waals surface area (Å²) in [5.74, 6) is 0.457. The number of esters is 1. The van der Waals surface area contributed by atoms with E-state index < -0.39 is 0 Å². The van der Waals surface area contributed by atoms with E-state index in [1.54, 1.807) is 6.08 Å². The fraction of sp³-hybridized carbons (Fsp3) is 0.667. The lowest BCUT2D eigenvalue weighted by Gasteiger charge is -2.13. The van der Waals surface area contributed by atoms with Crippen molar-refractivity contribution in [3.8, 4) is 0 Å². The smallest absolute Gasteiger partial charge is 0.330 e. The van der Waals surface area contributed by atoms with E-state index in [9.17, 15) is 4.79 Å². The van der Waals surface area contributed by atoms with Crippen molar-refractivity contribution in [2.45, 2.75) is 58.5 Å². The summed E-state index contributed by atoms with van der Waals surface area (Å²) < 4.78 is 5.12. The van der Waals surface area contributed by atoms with Gasteiger partial charge in [-0.1, -0.05) is 58.8 Å². The second kappa shape index (κ2) is 10.1. The largest absolute Gasteiger partial charge is 0.455 e. The zero-order valence-electron chi connectivity index (χ0n) is 11.3. The molecule has 0 aromatic heterocycles. The molecule has 0 saturated carbocycles. The number of rotatable bonds is 10. The highest BCUT2D eigenvalue weighted by Gasteiger charge is 2.08. The van der Waals surface area contributed by atoms with Crippen LogP contribution in [-0.2, 0) is 9.53 Å². The highest BCUT2D eigenvalue weighted by molar-refractivity contribution is 5.81. The van der Waals surface area contributed by atoms with Crippen LogP contribution in [0.3, 0.4) is 0 Å². The van der Waals surface area contributed by atoms with Gasteiger partial charge in [-0.15, -0.1) is 0 Å². The van der Waals surface area contributed by atoms with Crippen molar-refractivity contribution < 1.29 is 9.53 Å². The average molecular weight is 238 g/mol. The van der Waals surface area contributed by atoms with Gasteiger partial charge in [0, 0.05) is 6.08 Å². The topological polar surface area (TPSA) is 26.3 Å². The molecule has 0 aliphatic rings. The molecule has 0 bridgehead atoms. The number of ether oxygens (including phenoxy) is 1. The Morgan fingerprint density at radius 2 is 1.88 bits per heavy atom. The van der Waals surface area contributed by atoms with Gasteiger partial charge in [0.05, 0.1) is 0 Å². The fourth-order valence-corrected chi connectivity index (χ4v) is 1.64. The van der Waals surface area contributed by atoms with Crippen LogP contribution in [0.2, 0.25) is 0 Å². The number of carbonyl (C=O) groups is 1. The summed E-state index contributed by atoms with van der Waals surface area (Å²) in [6.45, 7) is 11.6. The van der Waals surface area contributed by atoms with Gasteiger partial charge in [0.2, 0.25) is 0 Å². The van der Waals surface area contributed by atoms with Crippen LogP contribution >= 0.6 is 0 Å². The van der Waals surface area contributed by atoms with Crippen molar-refractivity contribution in [3.05, 3.63) is 25.3 Å². The lowest BCUT2D eigenvalue weighted by Crippen LogP contribution is -2.13. The van der Waals surface area contributed by atoms with Crippen molar-refractivity contribution in [3.63, 3.8) is 0 Å². The van der Waals surface area contributed by atoms with E-state index in [4.69, 9.17) is 4.74 Å². The molecule has 98 valence electrons. The van der Waals surface area contributed by atoms with Gasteiger partial charge in [-0.3, -0.25) is 0 Å². The lowest BCUT2D eigenvalue weighted by atomic mass is 10.00. The molecule has 17 heavy (non-hydrogen) atoms. The molecule has 0 spiro atoms. The van der Waals surface area contributed by atoms with Crippen molar-refractivity contribution >= 4 is 5.97 Å². The second-order valence-corrected chi connectivity index (χ2v) is 4.57. The van der Waals surface area contributed by atoms with Crippen LogP contribution in [-0.4, -0.2) is 12.1 Å². The monoisotopic (exact) mass is 238 g/mol. The van der Waals surface area contributed by atoms with E-state index in [0.717, 1.165) is 18.8 Å². The van der Waals surface area contributed by atoms with Crippen molar-refractivity contribution in [2.75, 3.05) is 0 Å². The Kier molecular flexibility index (Phi) is 9.50. The van der Waals surface area contributed by atoms with Gasteiger partial charge in [-0.05, 0) is 18.8 Å². The Morgan fingerprint density at radius 1 is 1.24 bits per heavy atom. The van der Waals surface area contributed by atoms with E-state index in [1.807, 2.05) is 0 Å². The van der Waals surface area contributed by atoms with Gasteiger partial charge >= 0.3 is 5.97 Å². The summed E-state index contributed by atoms with van der Waals surface area (Å²) in [6.07, 6.45) is 9.67. The number of carbonyl (C=O) groups excluding carboxylic acids is 1. The molecule has 0 rings (SSSR count). The lowest BCUT2D eigenvalue weighted by molar-refractivity contribution is -0.141. The molecule has 0 radical (unpaired) electrons. The SMILES string of the molecule is C=CC(=O)OC(C=C)CCCCCC(C)CC. The van der Waals surface area contributed by atoms with Crippen molar-refractivity contribution in [1.82, 2.24) is 0 Å². The quantitative estimate of drug-likeness (QED) is 0.246. The molecule has 2 unspecified atom stereocenters. The molecular weight excluding hydrogens is 212 g/mol. The molecular formula is C15H26O2. The third kappa shape index (κ3) is 8.73. The molecule has 0 N–H and O–H groups in total. The number of unbranched alkanes of at least 4 members (excludes halogenated alkanes) is 2. The molecule has 2 atom stereocenters. The molecule has 2 nitrogen and oxygen atoms in total. The third-order valence-corrected chi connectivity index (χ3v) is 3.08. The zero-order chi connectivity index (χ0) is 13.1. The summed E-state index contributed by atoms with van der Waals surface area (Å²) in [5.41, 5.74) is 0. The van der Waals surface area contributed by atoms with Gasteiger partial charge in [-0.25, -0.2) is 4.79 Å². The predicted octanol–water partition coefficient (Wildman–Crippen LogP) is 4.27. The molecule has 0 saturated heterocycles. The molecule has 2 heteroatoms. The minimum atomic E-state index is -0.366. The van der Waals surface area contributed by atoms with E-state index in [-0.39, 0.29) is 12.1 Å². The average Bonchev–Trinajstić information content (AvgIpc) is 2.36. The molecule has 0 fully saturated rings. The van der Waals surface area contributed by atoms with Gasteiger partial charge < -0.3 is 4.74 Å². The zero-order valence-corrected chi connectivity index (χ0v) is 11.3. The molecule has 0 aromatic carbocycles. The van der Waals surface area contributed by atoms with Crippen LogP contribution in [0.25, 0.3) is 0 Å². The van der Waals surface area contributed by atoms with E-state index in [2.05, 4.69) is 27.0 Å². The first-order valence-electron chi connectivity index (χ1n) is 6.59. The summed E-state index contributed by atoms with van der Waals surface area (Å²) in [7, 11) is 0. The molecule has 0 aromatic rings. The standard InChI is InChI=1S/C15H26O2/c1-5-13(4)11-9-8-10-12-14(6-2)17-15(16)7-3/h6-7,13-14H,2-3,5,8-12H2,1,4H3. The molecule has 0 amide bonds. The summed E-state index contributed by atoms with van der Waals surface area (Å²) in [6, 6.07) is 0. The molecule has 0 heterocycles. The van der Waals surface area contributed by atoms with Gasteiger partial charge in [0.15, 0.2) is 0 Å². The Balaban J connectivity index is 3.59. The van der Waals surface area contributed by atoms with Crippen molar-refractivity contribution in [1.29, 1.82) is 0 Å². The van der Waals surface area contributed by atoms with Crippen molar-refractivity contribution in [2.24, 2.45) is 5.92 Å². The first-order chi connectivity index (χ1) is 8.13. The van der Waals surface area contributed by atoms with E-state index in [1.165, 1.54) is 31.8 Å². The Bertz CT molecular complexity index is 233. The van der Waals surface area contributed by atoms with Gasteiger partial charge in [0.25, 0.3) is 0 Å². The van der Waals surface area contributed by atoms with Crippen LogP contribution in [0, 0.1) is 5.92 Å². The highest BCUT2D eigenvalue weighted by Crippen LogP contribution is 2.14. The molecule has 0 aliphatic carbocycles. The first kappa shape index (κ1) is 16.0. The second-order valence-electron chi connectivity index (χ2n) is 4.57. The Morgan fingerprint density at radius 3 is 2.41 bits per heavy atom. The number of hydrogen-bond donors (Lipinski definition) is 0. The van der Waals surface area contributed by atoms with Crippen LogP contribution in [0.4, 0.5) is 0 Å². The summed E-state index contributed by atoms with van der Waals surface area (Å²) in [4.78, 5) is 11.0. The third-order valence-electron chi connectivity index (χ3n) is 3.08. The maximum absolute atomic E-state index is 11.0. The van der Waals surface area contributed by atoms with E-state index in [0.29, 0.717) is 0 Å². The van der Waals surface area contributed by atoms with Gasteiger partial charge in [-0.2, -0.15) is 0 Å². The Hall–Kier alpha value is -1.05. The Labute approximate surface area is 106 Å². The predicted molar refractivity (Wildman–Crippen MR) is 72.8 cm³/mol. The fourth-order valence-electron chi connectivity index (χ4n) is 1.64. The maximum Gasteiger partial charge on any atom is 0.330 e. The number of hydrogen-bond acceptors (Lipinski definition) is 2. The van der Waals surface area contributed by atoms with Crippen LogP contribution < -0.4 is 0 Å². The van der Waals surface area contributed by atoms with Crippen LogP contribution in [0.15, 0.2) is 25.3 Å². The highest BCUT2D eigenvalue weighted by atomic mass is 16.5. The minimum Gasteiger partial charge on any atom is -0.455 e. The van der Waals surface area contributed by atoms with Crippen LogP contribution in [0.1, 0.15) is 52.4 Å². The van der Waals surface area contributed by atoms with E-state index >= 15 is 0 Å². The minimum absolute atomic E-state index is 0.163. The van der Waals surface area contributed by atoms with Gasteiger partial charge in [0.1, 0.15) is 6.10 Å². The normalized spacial score (nSPS) is 13.8. The summed E-state index contributed by atoms with van der Waals surface area (Å²) in [5, 5.41) is 0. The summed E-state index contributed by atoms with van der Waals surface area (Å²) >= 11 is 0. The maximum atomic E-state index is 11.0. The van der Waals surface area contributed by atoms with Crippen LogP contribution in [0.5, 0.6) is 0 Å². The first-order valence-corrected chi connectivity index (χ1v) is 6.59. The molecule has 0 aliphatic heterocycles.